The Balaban J connectivity index is 2.36. The van der Waals surface area contributed by atoms with Gasteiger partial charge in [-0.1, -0.05) is 13.8 Å². The van der Waals surface area contributed by atoms with E-state index in [1.165, 1.54) is 32.5 Å². The number of hydrogen-bond donors (Lipinski definition) is 1. The van der Waals surface area contributed by atoms with Crippen molar-refractivity contribution in [2.24, 2.45) is 5.92 Å². The van der Waals surface area contributed by atoms with Crippen LogP contribution in [-0.2, 0) is 4.74 Å². The summed E-state index contributed by atoms with van der Waals surface area (Å²) in [7, 11) is 0. The second kappa shape index (κ2) is 8.89. The molecule has 1 saturated heterocycles. The fraction of sp³-hybridized carbons (Fsp3) is 1.00. The van der Waals surface area contributed by atoms with Crippen molar-refractivity contribution in [1.82, 2.24) is 10.2 Å². The molecule has 1 N–H and O–H groups in total. The molecule has 1 heterocycles. The van der Waals surface area contributed by atoms with Gasteiger partial charge >= 0.3 is 0 Å². The zero-order valence-electron chi connectivity index (χ0n) is 12.7. The molecular weight excluding hydrogens is 224 g/mol. The van der Waals surface area contributed by atoms with Gasteiger partial charge in [-0.05, 0) is 45.6 Å². The van der Waals surface area contributed by atoms with E-state index in [1.54, 1.807) is 0 Å². The van der Waals surface area contributed by atoms with E-state index >= 15 is 0 Å². The zero-order chi connectivity index (χ0) is 13.4. The third-order valence-electron chi connectivity index (χ3n) is 3.77. The molecule has 0 spiro atoms. The minimum absolute atomic E-state index is 0.669. The standard InChI is InChI=1S/C15H32N2O/c1-5-18-10-6-9-17-12-15(11-13(2)3)16-8-7-14(17)4/h13-16H,5-12H2,1-4H3. The lowest BCUT2D eigenvalue weighted by Crippen LogP contribution is -2.41. The predicted molar refractivity (Wildman–Crippen MR) is 78.0 cm³/mol. The zero-order valence-corrected chi connectivity index (χ0v) is 12.7. The summed E-state index contributed by atoms with van der Waals surface area (Å²) in [5.41, 5.74) is 0. The highest BCUT2D eigenvalue weighted by atomic mass is 16.5. The summed E-state index contributed by atoms with van der Waals surface area (Å²) in [5, 5.41) is 3.70. The van der Waals surface area contributed by atoms with E-state index in [9.17, 15) is 0 Å². The molecule has 0 radical (unpaired) electrons. The Bertz CT molecular complexity index is 209. The van der Waals surface area contributed by atoms with Gasteiger partial charge in [0, 0.05) is 38.4 Å². The Labute approximate surface area is 113 Å². The van der Waals surface area contributed by atoms with Crippen LogP contribution in [-0.4, -0.2) is 49.8 Å². The van der Waals surface area contributed by atoms with Crippen LogP contribution in [0.2, 0.25) is 0 Å². The number of hydrogen-bond acceptors (Lipinski definition) is 3. The van der Waals surface area contributed by atoms with Crippen LogP contribution in [0.25, 0.3) is 0 Å². The number of nitrogens with zero attached hydrogens (tertiary/aromatic N) is 1. The van der Waals surface area contributed by atoms with E-state index in [0.29, 0.717) is 12.1 Å². The Kier molecular flexibility index (Phi) is 7.87. The summed E-state index contributed by atoms with van der Waals surface area (Å²) in [4.78, 5) is 2.64. The molecule has 0 aromatic heterocycles. The van der Waals surface area contributed by atoms with E-state index in [0.717, 1.165) is 25.6 Å². The lowest BCUT2D eigenvalue weighted by atomic mass is 10.0. The molecule has 2 atom stereocenters. The first kappa shape index (κ1) is 15.9. The van der Waals surface area contributed by atoms with Crippen LogP contribution < -0.4 is 5.32 Å². The van der Waals surface area contributed by atoms with Gasteiger partial charge in [0.15, 0.2) is 0 Å². The maximum absolute atomic E-state index is 5.44. The van der Waals surface area contributed by atoms with Crippen LogP contribution in [0.1, 0.15) is 47.0 Å². The van der Waals surface area contributed by atoms with Crippen LogP contribution in [0, 0.1) is 5.92 Å². The summed E-state index contributed by atoms with van der Waals surface area (Å²) in [6.45, 7) is 14.3. The van der Waals surface area contributed by atoms with Crippen molar-refractivity contribution in [3.05, 3.63) is 0 Å². The van der Waals surface area contributed by atoms with Crippen LogP contribution in [0.15, 0.2) is 0 Å². The van der Waals surface area contributed by atoms with Crippen molar-refractivity contribution in [2.45, 2.75) is 59.0 Å². The highest BCUT2D eigenvalue weighted by molar-refractivity contribution is 4.81. The van der Waals surface area contributed by atoms with E-state index in [1.807, 2.05) is 0 Å². The maximum atomic E-state index is 5.44. The Morgan fingerprint density at radius 1 is 1.39 bits per heavy atom. The monoisotopic (exact) mass is 256 g/mol. The molecule has 0 saturated carbocycles. The molecule has 0 amide bonds. The van der Waals surface area contributed by atoms with Gasteiger partial charge in [0.05, 0.1) is 0 Å². The first-order valence-electron chi connectivity index (χ1n) is 7.68. The molecule has 0 aromatic carbocycles. The molecule has 2 unspecified atom stereocenters. The van der Waals surface area contributed by atoms with Crippen LogP contribution in [0.5, 0.6) is 0 Å². The lowest BCUT2D eigenvalue weighted by molar-refractivity contribution is 0.121. The van der Waals surface area contributed by atoms with E-state index < -0.39 is 0 Å². The van der Waals surface area contributed by atoms with E-state index in [2.05, 4.69) is 37.9 Å². The Morgan fingerprint density at radius 3 is 2.83 bits per heavy atom. The number of nitrogens with one attached hydrogen (secondary N) is 1. The van der Waals surface area contributed by atoms with Crippen molar-refractivity contribution in [2.75, 3.05) is 32.8 Å². The fourth-order valence-corrected chi connectivity index (χ4v) is 2.76. The molecule has 0 bridgehead atoms. The lowest BCUT2D eigenvalue weighted by Gasteiger charge is -2.29. The summed E-state index contributed by atoms with van der Waals surface area (Å²) in [5.74, 6) is 0.779. The quantitative estimate of drug-likeness (QED) is 0.708. The third-order valence-corrected chi connectivity index (χ3v) is 3.77. The second-order valence-corrected chi connectivity index (χ2v) is 5.96. The number of ether oxygens (including phenoxy) is 1. The fourth-order valence-electron chi connectivity index (χ4n) is 2.76. The highest BCUT2D eigenvalue weighted by Gasteiger charge is 2.22. The summed E-state index contributed by atoms with van der Waals surface area (Å²) < 4.78 is 5.44. The normalized spacial score (nSPS) is 26.5. The van der Waals surface area contributed by atoms with Crippen molar-refractivity contribution in [3.63, 3.8) is 0 Å². The third kappa shape index (κ3) is 6.17. The van der Waals surface area contributed by atoms with Gasteiger partial charge in [-0.15, -0.1) is 0 Å². The molecule has 18 heavy (non-hydrogen) atoms. The SMILES string of the molecule is CCOCCCN1CC(CC(C)C)NCCC1C. The largest absolute Gasteiger partial charge is 0.382 e. The van der Waals surface area contributed by atoms with Crippen molar-refractivity contribution in [1.29, 1.82) is 0 Å². The Hall–Kier alpha value is -0.120. The Morgan fingerprint density at radius 2 is 2.17 bits per heavy atom. The van der Waals surface area contributed by atoms with Crippen LogP contribution in [0.3, 0.4) is 0 Å². The van der Waals surface area contributed by atoms with Crippen LogP contribution >= 0.6 is 0 Å². The van der Waals surface area contributed by atoms with Crippen LogP contribution in [0.4, 0.5) is 0 Å². The molecule has 1 aliphatic rings. The molecular formula is C15H32N2O. The van der Waals surface area contributed by atoms with Crippen molar-refractivity contribution < 1.29 is 4.74 Å². The first-order chi connectivity index (χ1) is 8.63. The molecule has 1 aliphatic heterocycles. The van der Waals surface area contributed by atoms with Gasteiger partial charge in [0.1, 0.15) is 0 Å². The van der Waals surface area contributed by atoms with E-state index in [4.69, 9.17) is 4.74 Å². The summed E-state index contributed by atoms with van der Waals surface area (Å²) >= 11 is 0. The molecule has 3 heteroatoms. The number of rotatable bonds is 7. The molecule has 0 aliphatic carbocycles. The molecule has 3 nitrogen and oxygen atoms in total. The smallest absolute Gasteiger partial charge is 0.0478 e. The van der Waals surface area contributed by atoms with Gasteiger partial charge in [0.25, 0.3) is 0 Å². The van der Waals surface area contributed by atoms with Gasteiger partial charge in [-0.25, -0.2) is 0 Å². The van der Waals surface area contributed by atoms with Gasteiger partial charge in [0.2, 0.25) is 0 Å². The molecule has 1 rings (SSSR count). The second-order valence-electron chi connectivity index (χ2n) is 5.96. The maximum Gasteiger partial charge on any atom is 0.0478 e. The highest BCUT2D eigenvalue weighted by Crippen LogP contribution is 2.14. The molecule has 1 fully saturated rings. The van der Waals surface area contributed by atoms with Gasteiger partial charge in [-0.2, -0.15) is 0 Å². The summed E-state index contributed by atoms with van der Waals surface area (Å²) in [6, 6.07) is 1.37. The summed E-state index contributed by atoms with van der Waals surface area (Å²) in [6.07, 6.45) is 3.71. The van der Waals surface area contributed by atoms with Gasteiger partial charge < -0.3 is 10.1 Å². The van der Waals surface area contributed by atoms with Crippen molar-refractivity contribution >= 4 is 0 Å². The van der Waals surface area contributed by atoms with E-state index in [-0.39, 0.29) is 0 Å². The predicted octanol–water partition coefficient (Wildman–Crippen LogP) is 2.51. The first-order valence-corrected chi connectivity index (χ1v) is 7.68. The average molecular weight is 256 g/mol. The minimum Gasteiger partial charge on any atom is -0.382 e. The van der Waals surface area contributed by atoms with Gasteiger partial charge in [-0.3, -0.25) is 4.90 Å². The minimum atomic E-state index is 0.669. The average Bonchev–Trinajstić information content (AvgIpc) is 2.47. The molecule has 0 aromatic rings. The van der Waals surface area contributed by atoms with Crippen molar-refractivity contribution in [3.8, 4) is 0 Å². The topological polar surface area (TPSA) is 24.5 Å². The molecule has 108 valence electrons.